The van der Waals surface area contributed by atoms with Crippen molar-refractivity contribution in [3.05, 3.63) is 23.8 Å². The van der Waals surface area contributed by atoms with Gasteiger partial charge in [0, 0.05) is 26.6 Å². The van der Waals surface area contributed by atoms with Gasteiger partial charge in [0.2, 0.25) is 5.91 Å². The summed E-state index contributed by atoms with van der Waals surface area (Å²) in [6.45, 7) is 8.52. The highest BCUT2D eigenvalue weighted by atomic mass is 127. The number of carbonyl (C=O) groups is 1. The average Bonchev–Trinajstić information content (AvgIpc) is 2.50. The number of methoxy groups -OCH3 is 1. The summed E-state index contributed by atoms with van der Waals surface area (Å²) in [6, 6.07) is 6.02. The fourth-order valence-electron chi connectivity index (χ4n) is 1.92. The molecule has 3 N–H and O–H groups in total. The number of hydrogen-bond donors (Lipinski definition) is 3. The lowest BCUT2D eigenvalue weighted by molar-refractivity contribution is -0.114. The second kappa shape index (κ2) is 11.1. The van der Waals surface area contributed by atoms with Crippen LogP contribution in [0, 0.1) is 5.92 Å². The van der Waals surface area contributed by atoms with Gasteiger partial charge >= 0.3 is 0 Å². The fourth-order valence-corrected chi connectivity index (χ4v) is 1.92. The molecule has 1 rings (SSSR count). The lowest BCUT2D eigenvalue weighted by Crippen LogP contribution is -2.43. The number of halogens is 1. The predicted octanol–water partition coefficient (Wildman–Crippen LogP) is 2.98. The Morgan fingerprint density at radius 1 is 1.29 bits per heavy atom. The van der Waals surface area contributed by atoms with E-state index >= 15 is 0 Å². The first-order valence-corrected chi connectivity index (χ1v) is 7.79. The molecule has 0 aliphatic rings. The molecule has 7 heteroatoms. The SMILES string of the molecule is CN=C(NCc1ccc(OC)c(NC(C)=O)c1)NC(C)C(C)C.I. The minimum Gasteiger partial charge on any atom is -0.495 e. The van der Waals surface area contributed by atoms with Crippen molar-refractivity contribution in [2.45, 2.75) is 40.3 Å². The zero-order valence-electron chi connectivity index (χ0n) is 15.3. The van der Waals surface area contributed by atoms with Crippen molar-refractivity contribution in [3.63, 3.8) is 0 Å². The van der Waals surface area contributed by atoms with Gasteiger partial charge in [-0.05, 0) is 30.5 Å². The minimum atomic E-state index is -0.128. The van der Waals surface area contributed by atoms with Crippen molar-refractivity contribution in [1.29, 1.82) is 0 Å². The monoisotopic (exact) mass is 448 g/mol. The van der Waals surface area contributed by atoms with Crippen LogP contribution in [0.4, 0.5) is 5.69 Å². The first kappa shape index (κ1) is 22.5. The van der Waals surface area contributed by atoms with Crippen LogP contribution in [-0.4, -0.2) is 32.1 Å². The van der Waals surface area contributed by atoms with Crippen molar-refractivity contribution < 1.29 is 9.53 Å². The molecule has 0 radical (unpaired) electrons. The maximum absolute atomic E-state index is 11.3. The number of guanidine groups is 1. The van der Waals surface area contributed by atoms with Crippen LogP contribution in [0.15, 0.2) is 23.2 Å². The molecule has 0 aliphatic carbocycles. The van der Waals surface area contributed by atoms with Gasteiger partial charge in [-0.2, -0.15) is 0 Å². The van der Waals surface area contributed by atoms with Crippen LogP contribution < -0.4 is 20.7 Å². The molecule has 136 valence electrons. The predicted molar refractivity (Wildman–Crippen MR) is 110 cm³/mol. The van der Waals surface area contributed by atoms with E-state index in [0.29, 0.717) is 29.9 Å². The lowest BCUT2D eigenvalue weighted by atomic mass is 10.1. The number of rotatable bonds is 6. The van der Waals surface area contributed by atoms with Crippen LogP contribution in [0.5, 0.6) is 5.75 Å². The third-order valence-electron chi connectivity index (χ3n) is 3.62. The Balaban J connectivity index is 0.00000529. The number of ether oxygens (including phenoxy) is 1. The van der Waals surface area contributed by atoms with Gasteiger partial charge in [-0.15, -0.1) is 24.0 Å². The Labute approximate surface area is 161 Å². The van der Waals surface area contributed by atoms with E-state index in [2.05, 4.69) is 41.7 Å². The number of nitrogens with zero attached hydrogens (tertiary/aromatic N) is 1. The smallest absolute Gasteiger partial charge is 0.221 e. The maximum atomic E-state index is 11.3. The van der Waals surface area contributed by atoms with Crippen molar-refractivity contribution in [3.8, 4) is 5.75 Å². The standard InChI is InChI=1S/C17H28N4O2.HI/c1-11(2)12(3)20-17(18-5)19-10-14-7-8-16(23-6)15(9-14)21-13(4)22;/h7-9,11-12H,10H2,1-6H3,(H,21,22)(H2,18,19,20);1H. The molecule has 1 aromatic carbocycles. The Bertz CT molecular complexity index is 562. The molecule has 1 unspecified atom stereocenters. The molecule has 1 atom stereocenters. The van der Waals surface area contributed by atoms with Crippen LogP contribution in [0.2, 0.25) is 0 Å². The van der Waals surface area contributed by atoms with Crippen LogP contribution in [0.3, 0.4) is 0 Å². The lowest BCUT2D eigenvalue weighted by Gasteiger charge is -2.21. The number of hydrogen-bond acceptors (Lipinski definition) is 3. The summed E-state index contributed by atoms with van der Waals surface area (Å²) in [6.07, 6.45) is 0. The molecule has 0 fully saturated rings. The van der Waals surface area contributed by atoms with E-state index in [-0.39, 0.29) is 29.9 Å². The largest absolute Gasteiger partial charge is 0.495 e. The average molecular weight is 448 g/mol. The fraction of sp³-hybridized carbons (Fsp3) is 0.529. The van der Waals surface area contributed by atoms with E-state index in [1.807, 2.05) is 18.2 Å². The molecule has 6 nitrogen and oxygen atoms in total. The number of amides is 1. The van der Waals surface area contributed by atoms with E-state index in [9.17, 15) is 4.79 Å². The van der Waals surface area contributed by atoms with Gasteiger partial charge in [0.25, 0.3) is 0 Å². The van der Waals surface area contributed by atoms with Crippen molar-refractivity contribution >= 4 is 41.5 Å². The molecule has 0 spiro atoms. The second-order valence-corrected chi connectivity index (χ2v) is 5.82. The summed E-state index contributed by atoms with van der Waals surface area (Å²) in [5, 5.41) is 9.40. The van der Waals surface area contributed by atoms with Gasteiger partial charge in [-0.3, -0.25) is 9.79 Å². The highest BCUT2D eigenvalue weighted by Gasteiger charge is 2.10. The Kier molecular flexibility index (Phi) is 10.4. The third-order valence-corrected chi connectivity index (χ3v) is 3.62. The van der Waals surface area contributed by atoms with Crippen LogP contribution >= 0.6 is 24.0 Å². The first-order chi connectivity index (χ1) is 10.9. The van der Waals surface area contributed by atoms with Crippen LogP contribution in [0.1, 0.15) is 33.3 Å². The van der Waals surface area contributed by atoms with E-state index in [1.165, 1.54) is 6.92 Å². The Morgan fingerprint density at radius 2 is 1.96 bits per heavy atom. The normalized spacial score (nSPS) is 12.2. The topological polar surface area (TPSA) is 74.8 Å². The summed E-state index contributed by atoms with van der Waals surface area (Å²) >= 11 is 0. The molecule has 1 amide bonds. The summed E-state index contributed by atoms with van der Waals surface area (Å²) < 4.78 is 5.26. The highest BCUT2D eigenvalue weighted by molar-refractivity contribution is 14.0. The minimum absolute atomic E-state index is 0. The highest BCUT2D eigenvalue weighted by Crippen LogP contribution is 2.25. The zero-order chi connectivity index (χ0) is 17.4. The maximum Gasteiger partial charge on any atom is 0.221 e. The van der Waals surface area contributed by atoms with Crippen LogP contribution in [-0.2, 0) is 11.3 Å². The zero-order valence-corrected chi connectivity index (χ0v) is 17.6. The number of nitrogens with one attached hydrogen (secondary N) is 3. The van der Waals surface area contributed by atoms with E-state index < -0.39 is 0 Å². The Morgan fingerprint density at radius 3 is 2.46 bits per heavy atom. The molecule has 0 saturated carbocycles. The molecule has 0 heterocycles. The molecule has 24 heavy (non-hydrogen) atoms. The quantitative estimate of drug-likeness (QED) is 0.356. The van der Waals surface area contributed by atoms with E-state index in [4.69, 9.17) is 4.74 Å². The van der Waals surface area contributed by atoms with Crippen molar-refractivity contribution in [2.75, 3.05) is 19.5 Å². The number of anilines is 1. The van der Waals surface area contributed by atoms with Gasteiger partial charge in [0.1, 0.15) is 5.75 Å². The van der Waals surface area contributed by atoms with E-state index in [0.717, 1.165) is 11.5 Å². The molecular weight excluding hydrogens is 419 g/mol. The molecule has 1 aromatic rings. The first-order valence-electron chi connectivity index (χ1n) is 7.79. The van der Waals surface area contributed by atoms with Crippen LogP contribution in [0.25, 0.3) is 0 Å². The summed E-state index contributed by atoms with van der Waals surface area (Å²) in [5.74, 6) is 1.78. The number of aliphatic imine (C=N–C) groups is 1. The van der Waals surface area contributed by atoms with Crippen molar-refractivity contribution in [2.24, 2.45) is 10.9 Å². The van der Waals surface area contributed by atoms with Gasteiger partial charge in [-0.25, -0.2) is 0 Å². The molecule has 0 aromatic heterocycles. The molecular formula is C17H29IN4O2. The molecule has 0 aliphatic heterocycles. The molecule has 0 saturated heterocycles. The second-order valence-electron chi connectivity index (χ2n) is 5.82. The van der Waals surface area contributed by atoms with Gasteiger partial charge < -0.3 is 20.7 Å². The third kappa shape index (κ3) is 7.37. The van der Waals surface area contributed by atoms with E-state index in [1.54, 1.807) is 14.2 Å². The summed E-state index contributed by atoms with van der Waals surface area (Å²) in [5.41, 5.74) is 1.69. The van der Waals surface area contributed by atoms with Gasteiger partial charge in [-0.1, -0.05) is 19.9 Å². The van der Waals surface area contributed by atoms with Crippen molar-refractivity contribution in [1.82, 2.24) is 10.6 Å². The number of benzene rings is 1. The summed E-state index contributed by atoms with van der Waals surface area (Å²) in [7, 11) is 3.33. The van der Waals surface area contributed by atoms with Gasteiger partial charge in [0.05, 0.1) is 12.8 Å². The summed E-state index contributed by atoms with van der Waals surface area (Å²) in [4.78, 5) is 15.5. The number of carbonyl (C=O) groups excluding carboxylic acids is 1. The molecule has 0 bridgehead atoms. The Hall–Kier alpha value is -1.51. The van der Waals surface area contributed by atoms with Gasteiger partial charge in [0.15, 0.2) is 5.96 Å².